The molecule has 0 aliphatic heterocycles. The molecule has 0 amide bonds. The topological polar surface area (TPSA) is 63.8 Å². The average molecular weight is 192 g/mol. The molecule has 2 rings (SSSR count). The van der Waals surface area contributed by atoms with Crippen LogP contribution in [0.25, 0.3) is 0 Å². The highest BCUT2D eigenvalue weighted by Gasteiger charge is 2.45. The first-order valence-electron chi connectivity index (χ1n) is 4.98. The van der Waals surface area contributed by atoms with Crippen molar-refractivity contribution >= 4 is 11.6 Å². The van der Waals surface area contributed by atoms with Crippen molar-refractivity contribution in [3.05, 3.63) is 12.4 Å². The van der Waals surface area contributed by atoms with Crippen LogP contribution in [-0.4, -0.2) is 15.5 Å². The molecule has 1 fully saturated rings. The fourth-order valence-corrected chi connectivity index (χ4v) is 1.68. The maximum Gasteiger partial charge on any atom is 0.147 e. The molecule has 0 bridgehead atoms. The van der Waals surface area contributed by atoms with Gasteiger partial charge in [-0.25, -0.2) is 4.98 Å². The van der Waals surface area contributed by atoms with Crippen molar-refractivity contribution in [1.82, 2.24) is 9.97 Å². The van der Waals surface area contributed by atoms with Crippen molar-refractivity contribution in [2.45, 2.75) is 32.2 Å². The molecule has 14 heavy (non-hydrogen) atoms. The van der Waals surface area contributed by atoms with Gasteiger partial charge in [-0.05, 0) is 18.8 Å². The zero-order valence-corrected chi connectivity index (χ0v) is 8.62. The number of aromatic nitrogens is 2. The number of hydrogen-bond donors (Lipinski definition) is 2. The first kappa shape index (κ1) is 9.24. The molecule has 1 aromatic rings. The Morgan fingerprint density at radius 2 is 2.14 bits per heavy atom. The molecule has 1 aliphatic carbocycles. The van der Waals surface area contributed by atoms with E-state index in [4.69, 9.17) is 5.73 Å². The summed E-state index contributed by atoms with van der Waals surface area (Å²) in [6.45, 7) is 4.44. The highest BCUT2D eigenvalue weighted by Crippen LogP contribution is 2.44. The molecule has 0 saturated heterocycles. The molecule has 3 N–H and O–H groups in total. The van der Waals surface area contributed by atoms with Crippen LogP contribution in [-0.2, 0) is 0 Å². The molecule has 76 valence electrons. The van der Waals surface area contributed by atoms with Gasteiger partial charge in [0.1, 0.15) is 11.6 Å². The molecular weight excluding hydrogens is 176 g/mol. The smallest absolute Gasteiger partial charge is 0.147 e. The summed E-state index contributed by atoms with van der Waals surface area (Å²) in [6.07, 6.45) is 5.70. The fourth-order valence-electron chi connectivity index (χ4n) is 1.68. The predicted molar refractivity (Wildman–Crippen MR) is 56.9 cm³/mol. The zero-order valence-electron chi connectivity index (χ0n) is 8.62. The molecule has 0 radical (unpaired) electrons. The molecule has 4 heteroatoms. The van der Waals surface area contributed by atoms with E-state index in [0.29, 0.717) is 11.7 Å². The van der Waals surface area contributed by atoms with E-state index in [1.165, 1.54) is 12.8 Å². The van der Waals surface area contributed by atoms with Crippen LogP contribution >= 0.6 is 0 Å². The van der Waals surface area contributed by atoms with Crippen LogP contribution in [0.15, 0.2) is 12.4 Å². The summed E-state index contributed by atoms with van der Waals surface area (Å²) < 4.78 is 0. The number of rotatable bonds is 3. The van der Waals surface area contributed by atoms with Crippen LogP contribution in [0.1, 0.15) is 26.7 Å². The van der Waals surface area contributed by atoms with E-state index in [1.807, 2.05) is 0 Å². The molecule has 0 aromatic carbocycles. The molecule has 0 atom stereocenters. The van der Waals surface area contributed by atoms with Crippen LogP contribution in [0.4, 0.5) is 11.6 Å². The van der Waals surface area contributed by atoms with Crippen molar-refractivity contribution in [3.8, 4) is 0 Å². The summed E-state index contributed by atoms with van der Waals surface area (Å²) in [5, 5.41) is 3.42. The molecule has 4 nitrogen and oxygen atoms in total. The van der Waals surface area contributed by atoms with E-state index >= 15 is 0 Å². The van der Waals surface area contributed by atoms with E-state index < -0.39 is 0 Å². The van der Waals surface area contributed by atoms with E-state index in [9.17, 15) is 0 Å². The average Bonchev–Trinajstić information content (AvgIpc) is 2.85. The highest BCUT2D eigenvalue weighted by molar-refractivity contribution is 5.43. The third kappa shape index (κ3) is 1.64. The molecular formula is C10H16N4. The zero-order chi connectivity index (χ0) is 10.2. The first-order chi connectivity index (χ1) is 6.62. The Kier molecular flexibility index (Phi) is 2.06. The Morgan fingerprint density at radius 3 is 2.64 bits per heavy atom. The number of nitrogens with one attached hydrogen (secondary N) is 1. The Labute approximate surface area is 83.9 Å². The lowest BCUT2D eigenvalue weighted by Gasteiger charge is -2.21. The number of nitrogens with two attached hydrogens (primary N) is 1. The van der Waals surface area contributed by atoms with Crippen molar-refractivity contribution in [1.29, 1.82) is 0 Å². The Balaban J connectivity index is 2.11. The summed E-state index contributed by atoms with van der Waals surface area (Å²) in [5.41, 5.74) is 5.80. The van der Waals surface area contributed by atoms with Crippen molar-refractivity contribution in [2.24, 2.45) is 5.92 Å². The summed E-state index contributed by atoms with van der Waals surface area (Å²) in [5.74, 6) is 1.87. The summed E-state index contributed by atoms with van der Waals surface area (Å²) >= 11 is 0. The van der Waals surface area contributed by atoms with Crippen LogP contribution < -0.4 is 11.1 Å². The van der Waals surface area contributed by atoms with Crippen molar-refractivity contribution in [2.75, 3.05) is 11.1 Å². The normalized spacial score (nSPS) is 18.2. The second kappa shape index (κ2) is 3.12. The molecule has 0 unspecified atom stereocenters. The summed E-state index contributed by atoms with van der Waals surface area (Å²) in [4.78, 5) is 8.19. The quantitative estimate of drug-likeness (QED) is 0.764. The minimum Gasteiger partial charge on any atom is -0.382 e. The van der Waals surface area contributed by atoms with E-state index in [0.717, 1.165) is 5.82 Å². The monoisotopic (exact) mass is 192 g/mol. The lowest BCUT2D eigenvalue weighted by Crippen LogP contribution is -2.28. The molecule has 1 aromatic heterocycles. The number of nitrogen functional groups attached to an aromatic ring is 1. The van der Waals surface area contributed by atoms with Gasteiger partial charge in [0.05, 0.1) is 12.4 Å². The third-order valence-electron chi connectivity index (χ3n) is 2.92. The van der Waals surface area contributed by atoms with Gasteiger partial charge in [0.15, 0.2) is 0 Å². The Bertz CT molecular complexity index is 331. The lowest BCUT2D eigenvalue weighted by molar-refractivity contribution is 0.510. The Morgan fingerprint density at radius 1 is 1.43 bits per heavy atom. The highest BCUT2D eigenvalue weighted by atomic mass is 15.1. The maximum atomic E-state index is 5.56. The number of hydrogen-bond acceptors (Lipinski definition) is 4. The molecule has 1 saturated carbocycles. The van der Waals surface area contributed by atoms with E-state index in [2.05, 4.69) is 29.1 Å². The van der Waals surface area contributed by atoms with Gasteiger partial charge in [-0.15, -0.1) is 0 Å². The van der Waals surface area contributed by atoms with Crippen molar-refractivity contribution in [3.63, 3.8) is 0 Å². The largest absolute Gasteiger partial charge is 0.382 e. The number of anilines is 2. The minimum absolute atomic E-state index is 0.239. The Hall–Kier alpha value is -1.32. The van der Waals surface area contributed by atoms with Crippen LogP contribution in [0.3, 0.4) is 0 Å². The molecule has 1 aliphatic rings. The van der Waals surface area contributed by atoms with Crippen LogP contribution in [0.2, 0.25) is 0 Å². The number of nitrogens with zero attached hydrogens (tertiary/aromatic N) is 2. The van der Waals surface area contributed by atoms with Crippen LogP contribution in [0.5, 0.6) is 0 Å². The van der Waals surface area contributed by atoms with Crippen LogP contribution in [0, 0.1) is 5.92 Å². The molecule has 1 heterocycles. The standard InChI is InChI=1S/C10H16N4/c1-7(2)10(3-4-10)14-9-6-12-5-8(11)13-9/h5-7H,3-4H2,1-2H3,(H3,11,13,14). The lowest BCUT2D eigenvalue weighted by atomic mass is 10.0. The van der Waals surface area contributed by atoms with Gasteiger partial charge < -0.3 is 11.1 Å². The van der Waals surface area contributed by atoms with Gasteiger partial charge in [0, 0.05) is 5.54 Å². The second-order valence-electron chi connectivity index (χ2n) is 4.27. The van der Waals surface area contributed by atoms with Gasteiger partial charge in [-0.1, -0.05) is 13.8 Å². The van der Waals surface area contributed by atoms with Gasteiger partial charge >= 0.3 is 0 Å². The van der Waals surface area contributed by atoms with E-state index in [-0.39, 0.29) is 5.54 Å². The van der Waals surface area contributed by atoms with Gasteiger partial charge in [0.25, 0.3) is 0 Å². The fraction of sp³-hybridized carbons (Fsp3) is 0.600. The van der Waals surface area contributed by atoms with Crippen molar-refractivity contribution < 1.29 is 0 Å². The first-order valence-corrected chi connectivity index (χ1v) is 4.98. The van der Waals surface area contributed by atoms with E-state index in [1.54, 1.807) is 12.4 Å². The maximum absolute atomic E-state index is 5.56. The second-order valence-corrected chi connectivity index (χ2v) is 4.27. The SMILES string of the molecule is CC(C)C1(Nc2cncc(N)n2)CC1. The van der Waals surface area contributed by atoms with Gasteiger partial charge in [-0.3, -0.25) is 4.98 Å². The summed E-state index contributed by atoms with van der Waals surface area (Å²) in [6, 6.07) is 0. The predicted octanol–water partition coefficient (Wildman–Crippen LogP) is 1.66. The van der Waals surface area contributed by atoms with Gasteiger partial charge in [-0.2, -0.15) is 0 Å². The molecule has 0 spiro atoms. The van der Waals surface area contributed by atoms with Gasteiger partial charge in [0.2, 0.25) is 0 Å². The summed E-state index contributed by atoms with van der Waals surface area (Å²) in [7, 11) is 0. The minimum atomic E-state index is 0.239. The third-order valence-corrected chi connectivity index (χ3v) is 2.92.